The lowest BCUT2D eigenvalue weighted by atomic mass is 9.87. The highest BCUT2D eigenvalue weighted by Gasteiger charge is 2.30. The molecule has 2 aliphatic heterocycles. The zero-order valence-electron chi connectivity index (χ0n) is 20.1. The summed E-state index contributed by atoms with van der Waals surface area (Å²) in [5.74, 6) is 2.97. The Morgan fingerprint density at radius 1 is 0.879 bits per heavy atom. The number of hydrogen-bond donors (Lipinski definition) is 1. The number of nitrogens with zero attached hydrogens (tertiary/aromatic N) is 6. The molecule has 1 saturated heterocycles. The lowest BCUT2D eigenvalue weighted by molar-refractivity contribution is 0.360. The van der Waals surface area contributed by atoms with Crippen molar-refractivity contribution in [3.05, 3.63) is 17.8 Å². The summed E-state index contributed by atoms with van der Waals surface area (Å²) >= 11 is 0. The van der Waals surface area contributed by atoms with Crippen LogP contribution in [0.4, 0.5) is 11.6 Å². The molecule has 0 aromatic carbocycles. The number of hydrogen-bond acceptors (Lipinski definition) is 6. The van der Waals surface area contributed by atoms with Crippen molar-refractivity contribution in [1.82, 2.24) is 14.6 Å². The van der Waals surface area contributed by atoms with Crippen LogP contribution >= 0.6 is 0 Å². The molecule has 2 aliphatic carbocycles. The Balaban J connectivity index is 1.37. The topological polar surface area (TPSA) is 70.2 Å². The van der Waals surface area contributed by atoms with Crippen molar-refractivity contribution >= 4 is 28.7 Å². The van der Waals surface area contributed by atoms with Gasteiger partial charge in [-0.25, -0.2) is 4.98 Å². The summed E-state index contributed by atoms with van der Waals surface area (Å²) in [6, 6.07) is 5.52. The first-order valence-electron chi connectivity index (χ1n) is 13.2. The number of anilines is 2. The van der Waals surface area contributed by atoms with E-state index in [2.05, 4.69) is 36.2 Å². The Kier molecular flexibility index (Phi) is 5.59. The lowest BCUT2D eigenvalue weighted by Crippen LogP contribution is -2.35. The largest absolute Gasteiger partial charge is 0.367 e. The third-order valence-corrected chi connectivity index (χ3v) is 8.15. The van der Waals surface area contributed by atoms with Crippen molar-refractivity contribution in [1.29, 1.82) is 0 Å². The highest BCUT2D eigenvalue weighted by atomic mass is 15.3. The van der Waals surface area contributed by atoms with Crippen molar-refractivity contribution in [2.75, 3.05) is 23.3 Å². The van der Waals surface area contributed by atoms with Gasteiger partial charge in [0.1, 0.15) is 23.0 Å². The molecule has 7 nitrogen and oxygen atoms in total. The molecule has 2 aromatic rings. The summed E-state index contributed by atoms with van der Waals surface area (Å²) in [4.78, 5) is 17.6. The van der Waals surface area contributed by atoms with Crippen LogP contribution in [-0.2, 0) is 0 Å². The second kappa shape index (κ2) is 8.73. The maximum atomic E-state index is 5.16. The van der Waals surface area contributed by atoms with Gasteiger partial charge in [-0.3, -0.25) is 9.98 Å². The minimum Gasteiger partial charge on any atom is -0.367 e. The van der Waals surface area contributed by atoms with E-state index in [1.165, 1.54) is 57.8 Å². The molecule has 33 heavy (non-hydrogen) atoms. The second-order valence-electron chi connectivity index (χ2n) is 10.7. The summed E-state index contributed by atoms with van der Waals surface area (Å²) in [6.45, 7) is 6.65. The van der Waals surface area contributed by atoms with Crippen LogP contribution in [0, 0.1) is 5.92 Å². The van der Waals surface area contributed by atoms with Crippen LogP contribution in [0.5, 0.6) is 0 Å². The molecular formula is C26H37N7. The molecule has 4 heterocycles. The van der Waals surface area contributed by atoms with Gasteiger partial charge >= 0.3 is 0 Å². The molecule has 2 unspecified atom stereocenters. The molecule has 7 heteroatoms. The summed E-state index contributed by atoms with van der Waals surface area (Å²) < 4.78 is 2.01. The van der Waals surface area contributed by atoms with Gasteiger partial charge in [0, 0.05) is 31.3 Å². The lowest BCUT2D eigenvalue weighted by Gasteiger charge is -2.30. The molecule has 0 bridgehead atoms. The van der Waals surface area contributed by atoms with Gasteiger partial charge in [-0.1, -0.05) is 19.8 Å². The minimum atomic E-state index is 0.317. The second-order valence-corrected chi connectivity index (χ2v) is 10.7. The molecule has 6 rings (SSSR count). The third kappa shape index (κ3) is 4.15. The first kappa shape index (κ1) is 21.1. The third-order valence-electron chi connectivity index (χ3n) is 8.15. The zero-order valence-corrected chi connectivity index (χ0v) is 20.1. The van der Waals surface area contributed by atoms with Crippen LogP contribution < -0.4 is 10.2 Å². The number of aromatic nitrogens is 3. The molecule has 0 spiro atoms. The van der Waals surface area contributed by atoms with Gasteiger partial charge in [0.05, 0.1) is 17.8 Å². The van der Waals surface area contributed by atoms with Gasteiger partial charge in [0.2, 0.25) is 0 Å². The Morgan fingerprint density at radius 2 is 1.61 bits per heavy atom. The number of nitrogens with one attached hydrogen (secondary N) is 1. The average Bonchev–Trinajstić information content (AvgIpc) is 3.50. The molecule has 2 aromatic heterocycles. The smallest absolute Gasteiger partial charge is 0.160 e. The molecule has 0 amide bonds. The van der Waals surface area contributed by atoms with Crippen LogP contribution in [0.3, 0.4) is 0 Å². The first-order chi connectivity index (χ1) is 16.1. The van der Waals surface area contributed by atoms with E-state index in [0.717, 1.165) is 59.8 Å². The fourth-order valence-electron chi connectivity index (χ4n) is 6.12. The molecule has 2 saturated carbocycles. The van der Waals surface area contributed by atoms with Crippen molar-refractivity contribution in [2.45, 2.75) is 96.2 Å². The maximum absolute atomic E-state index is 5.16. The minimum absolute atomic E-state index is 0.317. The van der Waals surface area contributed by atoms with Crippen molar-refractivity contribution in [3.8, 4) is 0 Å². The molecule has 0 radical (unpaired) electrons. The van der Waals surface area contributed by atoms with E-state index in [1.54, 1.807) is 0 Å². The van der Waals surface area contributed by atoms with Gasteiger partial charge in [-0.05, 0) is 64.2 Å². The van der Waals surface area contributed by atoms with Crippen LogP contribution in [0.15, 0.2) is 22.1 Å². The molecule has 3 fully saturated rings. The van der Waals surface area contributed by atoms with Gasteiger partial charge < -0.3 is 10.2 Å². The molecular weight excluding hydrogens is 410 g/mol. The average molecular weight is 448 g/mol. The van der Waals surface area contributed by atoms with E-state index in [1.807, 2.05) is 4.52 Å². The first-order valence-corrected chi connectivity index (χ1v) is 13.2. The van der Waals surface area contributed by atoms with E-state index < -0.39 is 0 Å². The van der Waals surface area contributed by atoms with Gasteiger partial charge in [-0.2, -0.15) is 9.61 Å². The maximum Gasteiger partial charge on any atom is 0.160 e. The zero-order chi connectivity index (χ0) is 22.4. The van der Waals surface area contributed by atoms with Crippen molar-refractivity contribution in [3.63, 3.8) is 0 Å². The fraction of sp³-hybridized carbons (Fsp3) is 0.692. The normalized spacial score (nSPS) is 30.2. The predicted octanol–water partition coefficient (Wildman–Crippen LogP) is 4.89. The molecule has 1 N–H and O–H groups in total. The quantitative estimate of drug-likeness (QED) is 0.724. The molecule has 176 valence electrons. The Labute approximate surface area is 196 Å². The van der Waals surface area contributed by atoms with Gasteiger partial charge in [-0.15, -0.1) is 0 Å². The standard InChI is InChI=1S/C26H37N7/c1-17-9-11-19(12-10-17)28-25-16-23(32-13-5-6-14-32)30-24-15-22(31-33(24)25)26-18(2)27-20-7-3-4-8-21(20)29-26/h15-17,19-21,28H,3-14H2,1-2H3. The van der Waals surface area contributed by atoms with Crippen molar-refractivity contribution in [2.24, 2.45) is 15.9 Å². The van der Waals surface area contributed by atoms with E-state index >= 15 is 0 Å². The van der Waals surface area contributed by atoms with E-state index in [0.29, 0.717) is 18.1 Å². The van der Waals surface area contributed by atoms with Crippen LogP contribution in [0.25, 0.3) is 5.65 Å². The van der Waals surface area contributed by atoms with E-state index in [-0.39, 0.29) is 0 Å². The summed E-state index contributed by atoms with van der Waals surface area (Å²) in [5, 5.41) is 8.88. The number of fused-ring (bicyclic) bond motifs is 2. The van der Waals surface area contributed by atoms with Gasteiger partial charge in [0.15, 0.2) is 5.65 Å². The number of rotatable bonds is 4. The Hall–Kier alpha value is -2.44. The number of aliphatic imine (C=N–C) groups is 2. The SMILES string of the molecule is CC1=NC2CCCCC2N=C1c1cc2nc(N3CCCC3)cc(NC3CCC(C)CC3)n2n1. The van der Waals surface area contributed by atoms with Crippen LogP contribution in [-0.4, -0.2) is 57.2 Å². The van der Waals surface area contributed by atoms with E-state index in [4.69, 9.17) is 20.1 Å². The van der Waals surface area contributed by atoms with Crippen LogP contribution in [0.2, 0.25) is 0 Å². The van der Waals surface area contributed by atoms with Crippen LogP contribution in [0.1, 0.15) is 83.7 Å². The molecule has 4 aliphatic rings. The Morgan fingerprint density at radius 3 is 2.36 bits per heavy atom. The van der Waals surface area contributed by atoms with E-state index in [9.17, 15) is 0 Å². The summed E-state index contributed by atoms with van der Waals surface area (Å²) in [7, 11) is 0. The molecule has 2 atom stereocenters. The predicted molar refractivity (Wildman–Crippen MR) is 135 cm³/mol. The van der Waals surface area contributed by atoms with Gasteiger partial charge in [0.25, 0.3) is 0 Å². The Bertz CT molecular complexity index is 1070. The highest BCUT2D eigenvalue weighted by molar-refractivity contribution is 6.47. The highest BCUT2D eigenvalue weighted by Crippen LogP contribution is 2.30. The fourth-order valence-corrected chi connectivity index (χ4v) is 6.12. The summed E-state index contributed by atoms with van der Waals surface area (Å²) in [5.41, 5.74) is 3.80. The monoisotopic (exact) mass is 447 g/mol. The van der Waals surface area contributed by atoms with Crippen molar-refractivity contribution < 1.29 is 0 Å². The summed E-state index contributed by atoms with van der Waals surface area (Å²) in [6.07, 6.45) is 12.4.